The minimum absolute atomic E-state index is 0.290. The van der Waals surface area contributed by atoms with E-state index in [0.29, 0.717) is 5.92 Å². The third-order valence-electron chi connectivity index (χ3n) is 5.56. The third-order valence-corrected chi connectivity index (χ3v) is 5.56. The van der Waals surface area contributed by atoms with Crippen LogP contribution in [0, 0.1) is 0 Å². The van der Waals surface area contributed by atoms with Crippen LogP contribution in [0.15, 0.2) is 66.9 Å². The first-order chi connectivity index (χ1) is 14.2. The first-order valence-corrected chi connectivity index (χ1v) is 11.0. The van der Waals surface area contributed by atoms with Crippen molar-refractivity contribution in [2.24, 2.45) is 0 Å². The van der Waals surface area contributed by atoms with Gasteiger partial charge in [-0.2, -0.15) is 0 Å². The summed E-state index contributed by atoms with van der Waals surface area (Å²) in [5, 5.41) is 0. The molecule has 0 N–H and O–H groups in total. The molecular weight excluding hydrogens is 354 g/mol. The zero-order valence-corrected chi connectivity index (χ0v) is 18.0. The van der Waals surface area contributed by atoms with E-state index < -0.39 is 0 Å². The summed E-state index contributed by atoms with van der Waals surface area (Å²) in [6.45, 7) is 7.41. The van der Waals surface area contributed by atoms with Gasteiger partial charge in [0, 0.05) is 17.8 Å². The summed E-state index contributed by atoms with van der Waals surface area (Å²) in [5.74, 6) is 1.25. The highest BCUT2D eigenvalue weighted by atomic mass is 16.5. The third kappa shape index (κ3) is 5.93. The number of rotatable bonds is 10. The highest BCUT2D eigenvalue weighted by molar-refractivity contribution is 5.64. The molecule has 1 atom stereocenters. The standard InChI is InChI=1S/C27H33NO/c1-4-6-7-8-19-29-26-16-14-25(15-17-26)24-12-10-23(11-13-24)21(3)27-18-9-22(5-2)20-28-27/h9-18,20-21H,4-8,19H2,1-3H3. The van der Waals surface area contributed by atoms with E-state index >= 15 is 0 Å². The van der Waals surface area contributed by atoms with Crippen LogP contribution in [0.2, 0.25) is 0 Å². The second-order valence-electron chi connectivity index (χ2n) is 7.72. The van der Waals surface area contributed by atoms with E-state index in [2.05, 4.69) is 86.4 Å². The van der Waals surface area contributed by atoms with Crippen LogP contribution in [0.25, 0.3) is 11.1 Å². The van der Waals surface area contributed by atoms with Gasteiger partial charge in [0.15, 0.2) is 0 Å². The van der Waals surface area contributed by atoms with Crippen molar-refractivity contribution in [3.8, 4) is 16.9 Å². The van der Waals surface area contributed by atoms with Crippen LogP contribution in [0.4, 0.5) is 0 Å². The first-order valence-electron chi connectivity index (χ1n) is 11.0. The van der Waals surface area contributed by atoms with Gasteiger partial charge in [0.05, 0.1) is 6.61 Å². The van der Waals surface area contributed by atoms with Crippen LogP contribution >= 0.6 is 0 Å². The smallest absolute Gasteiger partial charge is 0.119 e. The van der Waals surface area contributed by atoms with Crippen molar-refractivity contribution < 1.29 is 4.74 Å². The monoisotopic (exact) mass is 387 g/mol. The van der Waals surface area contributed by atoms with Gasteiger partial charge in [-0.15, -0.1) is 0 Å². The Morgan fingerprint density at radius 2 is 1.48 bits per heavy atom. The van der Waals surface area contributed by atoms with Crippen LogP contribution < -0.4 is 4.74 Å². The Hall–Kier alpha value is -2.61. The average Bonchev–Trinajstić information content (AvgIpc) is 2.79. The van der Waals surface area contributed by atoms with E-state index in [1.807, 2.05) is 6.20 Å². The molecule has 2 nitrogen and oxygen atoms in total. The second kappa shape index (κ2) is 10.8. The molecule has 0 saturated carbocycles. The number of benzene rings is 2. The molecule has 1 aromatic heterocycles. The van der Waals surface area contributed by atoms with Gasteiger partial charge in [-0.3, -0.25) is 4.98 Å². The molecule has 0 radical (unpaired) electrons. The SMILES string of the molecule is CCCCCCOc1ccc(-c2ccc(C(C)c3ccc(CC)cn3)cc2)cc1. The van der Waals surface area contributed by atoms with E-state index in [1.165, 1.54) is 41.5 Å². The van der Waals surface area contributed by atoms with E-state index in [9.17, 15) is 0 Å². The number of nitrogens with zero attached hydrogens (tertiary/aromatic N) is 1. The average molecular weight is 388 g/mol. The zero-order chi connectivity index (χ0) is 20.5. The molecule has 152 valence electrons. The van der Waals surface area contributed by atoms with Crippen LogP contribution in [0.5, 0.6) is 5.75 Å². The highest BCUT2D eigenvalue weighted by Gasteiger charge is 2.10. The van der Waals surface area contributed by atoms with Crippen molar-refractivity contribution in [2.45, 2.75) is 58.8 Å². The van der Waals surface area contributed by atoms with Crippen LogP contribution in [-0.4, -0.2) is 11.6 Å². The van der Waals surface area contributed by atoms with Crippen LogP contribution in [0.1, 0.15) is 69.2 Å². The molecule has 0 spiro atoms. The normalized spacial score (nSPS) is 12.0. The van der Waals surface area contributed by atoms with E-state index in [-0.39, 0.29) is 0 Å². The minimum atomic E-state index is 0.290. The predicted octanol–water partition coefficient (Wildman–Crippen LogP) is 7.42. The quantitative estimate of drug-likeness (QED) is 0.338. The maximum Gasteiger partial charge on any atom is 0.119 e. The number of aryl methyl sites for hydroxylation is 1. The molecule has 0 aliphatic rings. The number of ether oxygens (including phenoxy) is 1. The maximum absolute atomic E-state index is 5.85. The summed E-state index contributed by atoms with van der Waals surface area (Å²) in [5.41, 5.74) is 6.13. The molecule has 2 heteroatoms. The van der Waals surface area contributed by atoms with Crippen molar-refractivity contribution in [1.82, 2.24) is 4.98 Å². The molecule has 3 aromatic rings. The Bertz CT molecular complexity index is 851. The zero-order valence-electron chi connectivity index (χ0n) is 18.0. The Morgan fingerprint density at radius 3 is 2.07 bits per heavy atom. The lowest BCUT2D eigenvalue weighted by Gasteiger charge is -2.13. The van der Waals surface area contributed by atoms with E-state index in [0.717, 1.165) is 30.9 Å². The molecule has 1 unspecified atom stereocenters. The summed E-state index contributed by atoms with van der Waals surface area (Å²) in [7, 11) is 0. The summed E-state index contributed by atoms with van der Waals surface area (Å²) < 4.78 is 5.85. The Balaban J connectivity index is 1.60. The Morgan fingerprint density at radius 1 is 0.793 bits per heavy atom. The van der Waals surface area contributed by atoms with Crippen molar-refractivity contribution in [3.05, 3.63) is 83.7 Å². The fourth-order valence-corrected chi connectivity index (χ4v) is 3.50. The molecule has 29 heavy (non-hydrogen) atoms. The lowest BCUT2D eigenvalue weighted by molar-refractivity contribution is 0.305. The van der Waals surface area contributed by atoms with Crippen molar-refractivity contribution in [3.63, 3.8) is 0 Å². The number of unbranched alkanes of at least 4 members (excludes halogenated alkanes) is 3. The number of pyridine rings is 1. The summed E-state index contributed by atoms with van der Waals surface area (Å²) in [4.78, 5) is 4.64. The number of hydrogen-bond acceptors (Lipinski definition) is 2. The predicted molar refractivity (Wildman–Crippen MR) is 123 cm³/mol. The van der Waals surface area contributed by atoms with Crippen molar-refractivity contribution in [1.29, 1.82) is 0 Å². The van der Waals surface area contributed by atoms with Crippen LogP contribution in [0.3, 0.4) is 0 Å². The molecule has 0 aliphatic carbocycles. The van der Waals surface area contributed by atoms with Gasteiger partial charge < -0.3 is 4.74 Å². The summed E-state index contributed by atoms with van der Waals surface area (Å²) in [6.07, 6.45) is 7.94. The minimum Gasteiger partial charge on any atom is -0.494 e. The van der Waals surface area contributed by atoms with Gasteiger partial charge >= 0.3 is 0 Å². The molecule has 0 amide bonds. The van der Waals surface area contributed by atoms with E-state index in [1.54, 1.807) is 0 Å². The Kier molecular flexibility index (Phi) is 7.86. The van der Waals surface area contributed by atoms with Gasteiger partial charge in [0.2, 0.25) is 0 Å². The molecule has 3 rings (SSSR count). The number of hydrogen-bond donors (Lipinski definition) is 0. The van der Waals surface area contributed by atoms with Gasteiger partial charge in [-0.05, 0) is 53.3 Å². The topological polar surface area (TPSA) is 22.1 Å². The van der Waals surface area contributed by atoms with Gasteiger partial charge in [-0.1, -0.05) is 82.5 Å². The molecule has 0 bridgehead atoms. The molecule has 0 saturated heterocycles. The first kappa shape index (κ1) is 21.1. The highest BCUT2D eigenvalue weighted by Crippen LogP contribution is 2.27. The fraction of sp³-hybridized carbons (Fsp3) is 0.370. The molecule has 2 aromatic carbocycles. The fourth-order valence-electron chi connectivity index (χ4n) is 3.50. The van der Waals surface area contributed by atoms with Crippen molar-refractivity contribution in [2.75, 3.05) is 6.61 Å². The largest absolute Gasteiger partial charge is 0.494 e. The van der Waals surface area contributed by atoms with E-state index in [4.69, 9.17) is 4.74 Å². The second-order valence-corrected chi connectivity index (χ2v) is 7.72. The lowest BCUT2D eigenvalue weighted by atomic mass is 9.94. The molecule has 0 aliphatic heterocycles. The van der Waals surface area contributed by atoms with Crippen LogP contribution in [-0.2, 0) is 6.42 Å². The van der Waals surface area contributed by atoms with Gasteiger partial charge in [0.1, 0.15) is 5.75 Å². The number of aromatic nitrogens is 1. The van der Waals surface area contributed by atoms with Gasteiger partial charge in [-0.25, -0.2) is 0 Å². The molecule has 0 fully saturated rings. The molecular formula is C27H33NO. The lowest BCUT2D eigenvalue weighted by Crippen LogP contribution is -1.99. The Labute approximate surface area is 176 Å². The molecule has 1 heterocycles. The van der Waals surface area contributed by atoms with Crippen molar-refractivity contribution >= 4 is 0 Å². The summed E-state index contributed by atoms with van der Waals surface area (Å²) >= 11 is 0. The summed E-state index contributed by atoms with van der Waals surface area (Å²) in [6, 6.07) is 21.6. The van der Waals surface area contributed by atoms with Gasteiger partial charge in [0.25, 0.3) is 0 Å². The maximum atomic E-state index is 5.85.